The monoisotopic (exact) mass is 321 g/mol. The van der Waals surface area contributed by atoms with Gasteiger partial charge >= 0.3 is 0 Å². The Balaban J connectivity index is 1.72. The number of thiazole rings is 1. The molecule has 3 rings (SSSR count). The van der Waals surface area contributed by atoms with Crippen LogP contribution in [0.4, 0.5) is 0 Å². The number of imidazole rings is 1. The van der Waals surface area contributed by atoms with Crippen LogP contribution in [0.3, 0.4) is 0 Å². The molecule has 110 valence electrons. The maximum absolute atomic E-state index is 6.24. The molecule has 1 aromatic carbocycles. The number of nitrogens with zero attached hydrogens (tertiary/aromatic N) is 2. The highest BCUT2D eigenvalue weighted by Gasteiger charge is 2.17. The minimum atomic E-state index is 0.115. The van der Waals surface area contributed by atoms with E-state index in [9.17, 15) is 0 Å². The maximum atomic E-state index is 6.24. The van der Waals surface area contributed by atoms with Gasteiger partial charge < -0.3 is 10.1 Å². The first kappa shape index (κ1) is 14.4. The highest BCUT2D eigenvalue weighted by Crippen LogP contribution is 2.26. The average molecular weight is 322 g/mol. The second-order valence-corrected chi connectivity index (χ2v) is 6.03. The minimum Gasteiger partial charge on any atom is -0.497 e. The number of rotatable bonds is 5. The summed E-state index contributed by atoms with van der Waals surface area (Å²) in [5.74, 6) is 0.866. The van der Waals surface area contributed by atoms with Gasteiger partial charge in [-0.1, -0.05) is 23.7 Å². The van der Waals surface area contributed by atoms with Crippen LogP contribution in [0.25, 0.3) is 4.96 Å². The van der Waals surface area contributed by atoms with Gasteiger partial charge in [0.05, 0.1) is 12.8 Å². The van der Waals surface area contributed by atoms with Crippen LogP contribution >= 0.6 is 22.9 Å². The Kier molecular flexibility index (Phi) is 4.14. The van der Waals surface area contributed by atoms with Crippen molar-refractivity contribution < 1.29 is 4.74 Å². The smallest absolute Gasteiger partial charge is 0.195 e. The molecule has 2 aromatic heterocycles. The summed E-state index contributed by atoms with van der Waals surface area (Å²) in [5.41, 5.74) is 2.20. The van der Waals surface area contributed by atoms with Crippen LogP contribution < -0.4 is 10.1 Å². The van der Waals surface area contributed by atoms with Gasteiger partial charge in [0.25, 0.3) is 0 Å². The van der Waals surface area contributed by atoms with Crippen LogP contribution in [0, 0.1) is 0 Å². The fourth-order valence-electron chi connectivity index (χ4n) is 2.28. The number of nitrogens with one attached hydrogen (secondary N) is 1. The molecule has 4 nitrogen and oxygen atoms in total. The molecular weight excluding hydrogens is 306 g/mol. The lowest BCUT2D eigenvalue weighted by Gasteiger charge is -2.14. The zero-order chi connectivity index (χ0) is 14.8. The predicted octanol–water partition coefficient (Wildman–Crippen LogP) is 3.91. The summed E-state index contributed by atoms with van der Waals surface area (Å²) in [4.78, 5) is 5.29. The Bertz CT molecular complexity index is 735. The third-order valence-corrected chi connectivity index (χ3v) is 4.47. The van der Waals surface area contributed by atoms with E-state index in [0.29, 0.717) is 5.15 Å². The average Bonchev–Trinajstić information content (AvgIpc) is 3.05. The second kappa shape index (κ2) is 6.05. The van der Waals surface area contributed by atoms with E-state index >= 15 is 0 Å². The molecule has 0 saturated heterocycles. The predicted molar refractivity (Wildman–Crippen MR) is 86.3 cm³/mol. The van der Waals surface area contributed by atoms with E-state index in [0.717, 1.165) is 22.9 Å². The fraction of sp³-hybridized carbons (Fsp3) is 0.267. The van der Waals surface area contributed by atoms with Gasteiger partial charge in [-0.25, -0.2) is 4.98 Å². The number of ether oxygens (including phenoxy) is 1. The zero-order valence-corrected chi connectivity index (χ0v) is 13.4. The second-order valence-electron chi connectivity index (χ2n) is 4.79. The van der Waals surface area contributed by atoms with Crippen LogP contribution in [0.2, 0.25) is 5.15 Å². The first-order valence-corrected chi connectivity index (χ1v) is 7.92. The lowest BCUT2D eigenvalue weighted by atomic mass is 10.2. The van der Waals surface area contributed by atoms with E-state index < -0.39 is 0 Å². The molecule has 0 aliphatic heterocycles. The number of hydrogen-bond donors (Lipinski definition) is 1. The number of benzene rings is 1. The number of fused-ring (bicyclic) bond motifs is 1. The maximum Gasteiger partial charge on any atom is 0.195 e. The van der Waals surface area contributed by atoms with Gasteiger partial charge in [0, 0.05) is 24.2 Å². The van der Waals surface area contributed by atoms with E-state index in [4.69, 9.17) is 16.3 Å². The van der Waals surface area contributed by atoms with Crippen LogP contribution in [0.15, 0.2) is 35.8 Å². The Hall–Kier alpha value is -1.56. The van der Waals surface area contributed by atoms with Crippen molar-refractivity contribution in [1.82, 2.24) is 14.7 Å². The summed E-state index contributed by atoms with van der Waals surface area (Å²) in [5, 5.41) is 6.06. The molecular formula is C15H16ClN3OS. The Morgan fingerprint density at radius 2 is 2.14 bits per heavy atom. The van der Waals surface area contributed by atoms with Gasteiger partial charge in [-0.05, 0) is 24.6 Å². The first-order valence-electron chi connectivity index (χ1n) is 6.66. The molecule has 2 heterocycles. The van der Waals surface area contributed by atoms with Gasteiger partial charge in [0.15, 0.2) is 10.1 Å². The molecule has 0 aliphatic rings. The van der Waals surface area contributed by atoms with E-state index in [1.54, 1.807) is 18.4 Å². The lowest BCUT2D eigenvalue weighted by molar-refractivity contribution is 0.414. The molecule has 3 aromatic rings. The van der Waals surface area contributed by atoms with E-state index in [2.05, 4.69) is 29.4 Å². The van der Waals surface area contributed by atoms with Crippen LogP contribution in [0.1, 0.15) is 24.2 Å². The van der Waals surface area contributed by atoms with E-state index in [-0.39, 0.29) is 6.04 Å². The normalized spacial score (nSPS) is 12.7. The summed E-state index contributed by atoms with van der Waals surface area (Å²) in [6.45, 7) is 2.86. The topological polar surface area (TPSA) is 38.6 Å². The van der Waals surface area contributed by atoms with Gasteiger partial charge in [-0.2, -0.15) is 0 Å². The standard InChI is InChI=1S/C15H16ClN3OS/c1-10(13-14(16)18-15-19(13)7-8-21-15)17-9-11-3-5-12(20-2)6-4-11/h3-8,10,17H,9H2,1-2H3. The highest BCUT2D eigenvalue weighted by atomic mass is 35.5. The highest BCUT2D eigenvalue weighted by molar-refractivity contribution is 7.15. The van der Waals surface area contributed by atoms with Gasteiger partial charge in [0.1, 0.15) is 5.75 Å². The van der Waals surface area contributed by atoms with Gasteiger partial charge in [-0.3, -0.25) is 4.40 Å². The lowest BCUT2D eigenvalue weighted by Crippen LogP contribution is -2.19. The summed E-state index contributed by atoms with van der Waals surface area (Å²) in [7, 11) is 1.67. The van der Waals surface area contributed by atoms with Crippen molar-refractivity contribution in [3.63, 3.8) is 0 Å². The molecule has 1 unspecified atom stereocenters. The summed E-state index contributed by atoms with van der Waals surface area (Å²) in [6.07, 6.45) is 2.00. The number of aromatic nitrogens is 2. The van der Waals surface area contributed by atoms with Crippen molar-refractivity contribution in [1.29, 1.82) is 0 Å². The van der Waals surface area contributed by atoms with Crippen LogP contribution in [-0.4, -0.2) is 16.5 Å². The third-order valence-electron chi connectivity index (χ3n) is 3.44. The van der Waals surface area contributed by atoms with Crippen molar-refractivity contribution in [2.45, 2.75) is 19.5 Å². The molecule has 21 heavy (non-hydrogen) atoms. The van der Waals surface area contributed by atoms with E-state index in [1.807, 2.05) is 28.1 Å². The SMILES string of the molecule is COc1ccc(CNC(C)c2c(Cl)nc3sccn23)cc1. The minimum absolute atomic E-state index is 0.115. The van der Waals surface area contributed by atoms with Gasteiger partial charge in [-0.15, -0.1) is 11.3 Å². The summed E-state index contributed by atoms with van der Waals surface area (Å²) >= 11 is 7.83. The number of hydrogen-bond acceptors (Lipinski definition) is 4. The Morgan fingerprint density at radius 1 is 1.38 bits per heavy atom. The zero-order valence-electron chi connectivity index (χ0n) is 11.8. The molecule has 0 aliphatic carbocycles. The van der Waals surface area contributed by atoms with E-state index in [1.165, 1.54) is 5.56 Å². The fourth-order valence-corrected chi connectivity index (χ4v) is 3.38. The van der Waals surface area contributed by atoms with Crippen molar-refractivity contribution in [3.05, 3.63) is 52.3 Å². The molecule has 0 fully saturated rings. The first-order chi connectivity index (χ1) is 10.2. The molecule has 0 radical (unpaired) electrons. The molecule has 0 saturated carbocycles. The van der Waals surface area contributed by atoms with Crippen molar-refractivity contribution >= 4 is 27.9 Å². The largest absolute Gasteiger partial charge is 0.497 e. The van der Waals surface area contributed by atoms with Crippen molar-refractivity contribution in [3.8, 4) is 5.75 Å². The molecule has 6 heteroatoms. The molecule has 0 amide bonds. The summed E-state index contributed by atoms with van der Waals surface area (Å²) in [6, 6.07) is 8.15. The van der Waals surface area contributed by atoms with Crippen LogP contribution in [-0.2, 0) is 6.54 Å². The summed E-state index contributed by atoms with van der Waals surface area (Å²) < 4.78 is 7.20. The molecule has 0 spiro atoms. The van der Waals surface area contributed by atoms with Crippen LogP contribution in [0.5, 0.6) is 5.75 Å². The molecule has 1 atom stereocenters. The Labute approximate surface area is 132 Å². The van der Waals surface area contributed by atoms with Gasteiger partial charge in [0.2, 0.25) is 0 Å². The molecule has 1 N–H and O–H groups in total. The third kappa shape index (κ3) is 2.90. The number of methoxy groups -OCH3 is 1. The molecule has 0 bridgehead atoms. The quantitative estimate of drug-likeness (QED) is 0.774. The number of halogens is 1. The Morgan fingerprint density at radius 3 is 2.86 bits per heavy atom. The van der Waals surface area contributed by atoms with Crippen molar-refractivity contribution in [2.75, 3.05) is 7.11 Å². The van der Waals surface area contributed by atoms with Crippen molar-refractivity contribution in [2.24, 2.45) is 0 Å².